The maximum absolute atomic E-state index is 14.6. The number of halogens is 4. The Morgan fingerprint density at radius 2 is 2.03 bits per heavy atom. The van der Waals surface area contributed by atoms with Crippen LogP contribution in [-0.2, 0) is 11.8 Å². The molecule has 1 saturated heterocycles. The van der Waals surface area contributed by atoms with Crippen molar-refractivity contribution in [2.75, 3.05) is 32.0 Å². The van der Waals surface area contributed by atoms with Crippen LogP contribution < -0.4 is 10.6 Å². The fourth-order valence-corrected chi connectivity index (χ4v) is 5.07. The number of hydrogen-bond acceptors (Lipinski definition) is 6. The van der Waals surface area contributed by atoms with E-state index in [1.807, 2.05) is 32.7 Å². The molecule has 0 aliphatic carbocycles. The Morgan fingerprint density at radius 1 is 1.26 bits per heavy atom. The molecule has 7 nitrogen and oxygen atoms in total. The van der Waals surface area contributed by atoms with E-state index in [1.54, 1.807) is 12.1 Å². The summed E-state index contributed by atoms with van der Waals surface area (Å²) in [7, 11) is 1.84. The number of carbonyl (C=O) groups excluding carboxylic acids is 1. The van der Waals surface area contributed by atoms with Crippen LogP contribution in [0.4, 0.5) is 23.4 Å². The van der Waals surface area contributed by atoms with Gasteiger partial charge in [0.25, 0.3) is 5.91 Å². The van der Waals surface area contributed by atoms with E-state index in [9.17, 15) is 22.4 Å². The van der Waals surface area contributed by atoms with Gasteiger partial charge in [0.1, 0.15) is 22.6 Å². The van der Waals surface area contributed by atoms with Crippen molar-refractivity contribution in [1.29, 1.82) is 0 Å². The molecule has 204 valence electrons. The van der Waals surface area contributed by atoms with Gasteiger partial charge < -0.3 is 15.5 Å². The maximum Gasteiger partial charge on any atom is 0.393 e. The highest BCUT2D eigenvalue weighted by Gasteiger charge is 2.32. The summed E-state index contributed by atoms with van der Waals surface area (Å²) in [6, 6.07) is 4.31. The third-order valence-corrected chi connectivity index (χ3v) is 7.55. The molecule has 1 fully saturated rings. The number of nitrogens with zero attached hydrogens (tertiary/aromatic N) is 4. The number of amides is 1. The maximum atomic E-state index is 14.6. The molecule has 1 amide bonds. The number of carbonyl (C=O) groups is 1. The largest absolute Gasteiger partial charge is 0.393 e. The number of hydrogen-bond donors (Lipinski definition) is 2. The van der Waals surface area contributed by atoms with Crippen molar-refractivity contribution in [3.8, 4) is 11.8 Å². The topological polar surface area (TPSA) is 74.6 Å². The molecular weight excluding hydrogens is 520 g/mol. The monoisotopic (exact) mass is 550 g/mol. The van der Waals surface area contributed by atoms with E-state index < -0.39 is 24.8 Å². The van der Waals surface area contributed by atoms with Gasteiger partial charge in [0.05, 0.1) is 35.7 Å². The highest BCUT2D eigenvalue weighted by Crippen LogP contribution is 2.29. The molecule has 2 atom stereocenters. The molecule has 0 spiro atoms. The van der Waals surface area contributed by atoms with Gasteiger partial charge in [-0.2, -0.15) is 18.3 Å². The number of piperidine rings is 1. The molecule has 38 heavy (non-hydrogen) atoms. The van der Waals surface area contributed by atoms with Crippen LogP contribution in [0, 0.1) is 11.8 Å². The average Bonchev–Trinajstić information content (AvgIpc) is 3.44. The molecule has 0 bridgehead atoms. The van der Waals surface area contributed by atoms with Gasteiger partial charge in [-0.1, -0.05) is 32.8 Å². The minimum Gasteiger partial charge on any atom is -0.364 e. The van der Waals surface area contributed by atoms with Gasteiger partial charge in [-0.15, -0.1) is 11.3 Å². The summed E-state index contributed by atoms with van der Waals surface area (Å²) in [4.78, 5) is 19.1. The van der Waals surface area contributed by atoms with Crippen LogP contribution >= 0.6 is 11.3 Å². The molecule has 2 N–H and O–H groups in total. The summed E-state index contributed by atoms with van der Waals surface area (Å²) in [6.45, 7) is 6.89. The van der Waals surface area contributed by atoms with E-state index in [2.05, 4.69) is 32.6 Å². The number of pyridine rings is 1. The van der Waals surface area contributed by atoms with Gasteiger partial charge in [0.2, 0.25) is 0 Å². The van der Waals surface area contributed by atoms with Crippen LogP contribution in [0.2, 0.25) is 0 Å². The van der Waals surface area contributed by atoms with Crippen molar-refractivity contribution in [2.24, 2.45) is 0 Å². The second-order valence-electron chi connectivity index (χ2n) is 10.4. The number of aromatic nitrogens is 3. The number of nitrogens with one attached hydrogen (secondary N) is 2. The predicted molar refractivity (Wildman–Crippen MR) is 139 cm³/mol. The van der Waals surface area contributed by atoms with Crippen molar-refractivity contribution in [1.82, 2.24) is 24.8 Å². The second kappa shape index (κ2) is 10.9. The summed E-state index contributed by atoms with van der Waals surface area (Å²) < 4.78 is 56.3. The summed E-state index contributed by atoms with van der Waals surface area (Å²) in [5, 5.41) is 10.9. The van der Waals surface area contributed by atoms with Gasteiger partial charge in [-0.3, -0.25) is 4.79 Å². The zero-order valence-electron chi connectivity index (χ0n) is 21.6. The van der Waals surface area contributed by atoms with Crippen molar-refractivity contribution in [2.45, 2.75) is 57.4 Å². The van der Waals surface area contributed by atoms with Crippen LogP contribution in [0.3, 0.4) is 0 Å². The Labute approximate surface area is 222 Å². The normalized spacial score (nSPS) is 18.7. The van der Waals surface area contributed by atoms with Gasteiger partial charge >= 0.3 is 6.18 Å². The molecule has 0 saturated carbocycles. The van der Waals surface area contributed by atoms with Crippen molar-refractivity contribution < 1.29 is 22.4 Å². The first-order valence-electron chi connectivity index (χ1n) is 12.2. The van der Waals surface area contributed by atoms with Crippen LogP contribution in [0.5, 0.6) is 0 Å². The van der Waals surface area contributed by atoms with Crippen molar-refractivity contribution >= 4 is 28.6 Å². The van der Waals surface area contributed by atoms with E-state index >= 15 is 0 Å². The number of rotatable bonds is 5. The minimum absolute atomic E-state index is 0.0428. The van der Waals surface area contributed by atoms with E-state index in [0.29, 0.717) is 23.7 Å². The number of fused-ring (bicyclic) bond motifs is 1. The quantitative estimate of drug-likeness (QED) is 0.363. The first-order chi connectivity index (χ1) is 17.8. The number of likely N-dealkylation sites (tertiary alicyclic amines) is 1. The highest BCUT2D eigenvalue weighted by molar-refractivity contribution is 7.13. The summed E-state index contributed by atoms with van der Waals surface area (Å²) in [5.74, 6) is 5.44. The van der Waals surface area contributed by atoms with Crippen molar-refractivity contribution in [3.05, 3.63) is 45.5 Å². The molecule has 0 aromatic carbocycles. The predicted octanol–water partition coefficient (Wildman–Crippen LogP) is 4.43. The zero-order valence-corrected chi connectivity index (χ0v) is 22.4. The lowest BCUT2D eigenvalue weighted by molar-refractivity contribution is -0.127. The van der Waals surface area contributed by atoms with Gasteiger partial charge in [0, 0.05) is 24.1 Å². The van der Waals surface area contributed by atoms with E-state index in [4.69, 9.17) is 0 Å². The van der Waals surface area contributed by atoms with E-state index in [0.717, 1.165) is 5.01 Å². The molecule has 12 heteroatoms. The summed E-state index contributed by atoms with van der Waals surface area (Å²) in [6.07, 6.45) is -4.78. The van der Waals surface area contributed by atoms with E-state index in [1.165, 1.54) is 28.1 Å². The van der Waals surface area contributed by atoms with Gasteiger partial charge in [-0.25, -0.2) is 13.9 Å². The third kappa shape index (κ3) is 6.63. The number of thiazole rings is 1. The number of alkyl halides is 4. The lowest BCUT2D eigenvalue weighted by Crippen LogP contribution is -2.46. The van der Waals surface area contributed by atoms with Crippen LogP contribution in [0.1, 0.15) is 53.1 Å². The fourth-order valence-electron chi connectivity index (χ4n) is 4.18. The molecule has 4 rings (SSSR count). The fraction of sp³-hybridized carbons (Fsp3) is 0.500. The first kappa shape index (κ1) is 27.9. The molecule has 3 aromatic rings. The molecule has 1 aliphatic heterocycles. The smallest absolute Gasteiger partial charge is 0.364 e. The van der Waals surface area contributed by atoms with Crippen LogP contribution in [0.25, 0.3) is 5.52 Å². The van der Waals surface area contributed by atoms with E-state index in [-0.39, 0.29) is 41.2 Å². The molecule has 1 aliphatic rings. The summed E-state index contributed by atoms with van der Waals surface area (Å²) >= 11 is 1.28. The highest BCUT2D eigenvalue weighted by atomic mass is 32.1. The third-order valence-electron chi connectivity index (χ3n) is 6.13. The van der Waals surface area contributed by atoms with Crippen LogP contribution in [-0.4, -0.2) is 70.5 Å². The molecule has 4 heterocycles. The molecule has 0 radical (unpaired) electrons. The Bertz CT molecular complexity index is 1360. The summed E-state index contributed by atoms with van der Waals surface area (Å²) in [5.41, 5.74) is -0.0627. The molecule has 0 unspecified atom stereocenters. The average molecular weight is 551 g/mol. The minimum atomic E-state index is -4.48. The van der Waals surface area contributed by atoms with Crippen molar-refractivity contribution in [3.63, 3.8) is 0 Å². The standard InChI is InChI=1S/C26H30F4N6OS/c1-25(2,3)24-32-14-21(38-24)23(37)31-11-6-7-18-16(13-26(28,29)30)20-8-5-9-22(36(20)34-18)33-19-10-12-35(4)15-17(19)27/h5,8-9,14,17,19,33H,10-13,15H2,1-4H3,(H,31,37)/t17-,19+/m0/s1. The lowest BCUT2D eigenvalue weighted by atomic mass is 9.98. The lowest BCUT2D eigenvalue weighted by Gasteiger charge is -2.33. The SMILES string of the molecule is CN1CC[C@@H](Nc2cccc3c(CC(F)(F)F)c(C#CCNC(=O)c4cnc(C(C)(C)C)s4)nn23)[C@@H](F)C1. The Kier molecular flexibility index (Phi) is 7.99. The van der Waals surface area contributed by atoms with Gasteiger partial charge in [-0.05, 0) is 31.5 Å². The Morgan fingerprint density at radius 3 is 2.68 bits per heavy atom. The Hall–Kier alpha value is -3.17. The first-order valence-corrected chi connectivity index (χ1v) is 13.0. The second-order valence-corrected chi connectivity index (χ2v) is 11.4. The van der Waals surface area contributed by atoms with Gasteiger partial charge in [0.15, 0.2) is 0 Å². The zero-order chi connectivity index (χ0) is 27.7. The van der Waals surface area contributed by atoms with Crippen LogP contribution in [0.15, 0.2) is 24.4 Å². The molecular formula is C26H30F4N6OS. The Balaban J connectivity index is 1.55. The molecule has 3 aromatic heterocycles. The number of anilines is 1.